The van der Waals surface area contributed by atoms with Crippen LogP contribution in [0.4, 0.5) is 0 Å². The summed E-state index contributed by atoms with van der Waals surface area (Å²) in [7, 11) is 3.52. The van der Waals surface area contributed by atoms with Crippen molar-refractivity contribution in [1.82, 2.24) is 19.7 Å². The molecular formula is C19H20N4OS. The second kappa shape index (κ2) is 7.53. The minimum Gasteiger partial charge on any atom is -0.345 e. The SMILES string of the molecule is Cc1ccccc1-n1cnnc1SCc1cccc(C(=O)N(C)C)c1. The molecule has 3 rings (SSSR count). The molecule has 5 nitrogen and oxygen atoms in total. The van der Waals surface area contributed by atoms with Crippen LogP contribution >= 0.6 is 11.8 Å². The Hall–Kier alpha value is -2.60. The molecule has 0 N–H and O–H groups in total. The van der Waals surface area contributed by atoms with Crippen LogP contribution in [0.2, 0.25) is 0 Å². The molecule has 0 unspecified atom stereocenters. The highest BCUT2D eigenvalue weighted by Gasteiger charge is 2.11. The first-order chi connectivity index (χ1) is 12.1. The average Bonchev–Trinajstić information content (AvgIpc) is 3.08. The van der Waals surface area contributed by atoms with Crippen LogP contribution in [0, 0.1) is 6.92 Å². The van der Waals surface area contributed by atoms with Crippen molar-refractivity contribution in [2.24, 2.45) is 0 Å². The molecule has 1 amide bonds. The van der Waals surface area contributed by atoms with Gasteiger partial charge in [0.1, 0.15) is 6.33 Å². The van der Waals surface area contributed by atoms with Crippen LogP contribution in [-0.4, -0.2) is 39.7 Å². The van der Waals surface area contributed by atoms with Gasteiger partial charge in [0.2, 0.25) is 0 Å². The number of benzene rings is 2. The first kappa shape index (κ1) is 17.2. The van der Waals surface area contributed by atoms with Gasteiger partial charge in [0, 0.05) is 25.4 Å². The molecule has 1 heterocycles. The number of rotatable bonds is 5. The van der Waals surface area contributed by atoms with Gasteiger partial charge < -0.3 is 4.90 Å². The quantitative estimate of drug-likeness (QED) is 0.659. The van der Waals surface area contributed by atoms with Crippen LogP contribution < -0.4 is 0 Å². The number of carbonyl (C=O) groups excluding carboxylic acids is 1. The number of thioether (sulfide) groups is 1. The van der Waals surface area contributed by atoms with Gasteiger partial charge in [-0.2, -0.15) is 0 Å². The van der Waals surface area contributed by atoms with Crippen molar-refractivity contribution in [3.63, 3.8) is 0 Å². The Kier molecular flexibility index (Phi) is 5.19. The fourth-order valence-electron chi connectivity index (χ4n) is 2.52. The van der Waals surface area contributed by atoms with Crippen LogP contribution in [0.5, 0.6) is 0 Å². The summed E-state index contributed by atoms with van der Waals surface area (Å²) in [5.41, 5.74) is 4.02. The number of amides is 1. The average molecular weight is 352 g/mol. The third-order valence-corrected chi connectivity index (χ3v) is 4.85. The van der Waals surface area contributed by atoms with Crippen molar-refractivity contribution < 1.29 is 4.79 Å². The van der Waals surface area contributed by atoms with Gasteiger partial charge in [-0.05, 0) is 36.2 Å². The fourth-order valence-corrected chi connectivity index (χ4v) is 3.39. The number of aromatic nitrogens is 3. The highest BCUT2D eigenvalue weighted by atomic mass is 32.2. The summed E-state index contributed by atoms with van der Waals surface area (Å²) in [6.07, 6.45) is 1.73. The van der Waals surface area contributed by atoms with E-state index in [9.17, 15) is 4.79 Å². The molecule has 0 fully saturated rings. The lowest BCUT2D eigenvalue weighted by atomic mass is 10.1. The Labute approximate surface area is 151 Å². The van der Waals surface area contributed by atoms with Gasteiger partial charge in [0.25, 0.3) is 5.91 Å². The Morgan fingerprint density at radius 1 is 1.16 bits per heavy atom. The van der Waals surface area contributed by atoms with E-state index in [4.69, 9.17) is 0 Å². The monoisotopic (exact) mass is 352 g/mol. The van der Waals surface area contributed by atoms with E-state index in [-0.39, 0.29) is 5.91 Å². The summed E-state index contributed by atoms with van der Waals surface area (Å²) in [6.45, 7) is 2.07. The molecule has 0 aliphatic heterocycles. The van der Waals surface area contributed by atoms with Crippen molar-refractivity contribution in [2.45, 2.75) is 17.8 Å². The van der Waals surface area contributed by atoms with Crippen molar-refractivity contribution in [1.29, 1.82) is 0 Å². The van der Waals surface area contributed by atoms with E-state index in [0.717, 1.165) is 22.2 Å². The molecule has 128 valence electrons. The van der Waals surface area contributed by atoms with Gasteiger partial charge in [-0.1, -0.05) is 42.1 Å². The molecule has 3 aromatic rings. The molecule has 0 aliphatic carbocycles. The molecule has 25 heavy (non-hydrogen) atoms. The van der Waals surface area contributed by atoms with Crippen molar-refractivity contribution in [3.05, 3.63) is 71.5 Å². The topological polar surface area (TPSA) is 51.0 Å². The molecule has 0 radical (unpaired) electrons. The van der Waals surface area contributed by atoms with E-state index < -0.39 is 0 Å². The van der Waals surface area contributed by atoms with E-state index in [1.165, 1.54) is 5.56 Å². The summed E-state index contributed by atoms with van der Waals surface area (Å²) < 4.78 is 1.99. The van der Waals surface area contributed by atoms with Gasteiger partial charge in [-0.3, -0.25) is 9.36 Å². The number of hydrogen-bond donors (Lipinski definition) is 0. The lowest BCUT2D eigenvalue weighted by molar-refractivity contribution is 0.0827. The Morgan fingerprint density at radius 3 is 2.72 bits per heavy atom. The minimum absolute atomic E-state index is 0.00919. The molecule has 0 saturated heterocycles. The lowest BCUT2D eigenvalue weighted by Crippen LogP contribution is -2.21. The van der Waals surface area contributed by atoms with Crippen LogP contribution in [0.3, 0.4) is 0 Å². The van der Waals surface area contributed by atoms with Crippen molar-refractivity contribution in [2.75, 3.05) is 14.1 Å². The van der Waals surface area contributed by atoms with E-state index in [1.54, 1.807) is 37.1 Å². The van der Waals surface area contributed by atoms with Gasteiger partial charge >= 0.3 is 0 Å². The van der Waals surface area contributed by atoms with E-state index >= 15 is 0 Å². The predicted molar refractivity (Wildman–Crippen MR) is 100 cm³/mol. The minimum atomic E-state index is 0.00919. The molecule has 0 bridgehead atoms. The van der Waals surface area contributed by atoms with Crippen LogP contribution in [0.1, 0.15) is 21.5 Å². The van der Waals surface area contributed by atoms with Gasteiger partial charge in [-0.25, -0.2) is 0 Å². The smallest absolute Gasteiger partial charge is 0.253 e. The second-order valence-corrected chi connectivity index (χ2v) is 6.90. The van der Waals surface area contributed by atoms with Crippen molar-refractivity contribution in [3.8, 4) is 5.69 Å². The van der Waals surface area contributed by atoms with Crippen LogP contribution in [-0.2, 0) is 5.75 Å². The molecule has 1 aromatic heterocycles. The number of hydrogen-bond acceptors (Lipinski definition) is 4. The zero-order valence-electron chi connectivity index (χ0n) is 14.5. The normalized spacial score (nSPS) is 10.7. The standard InChI is InChI=1S/C19H20N4OS/c1-14-7-4-5-10-17(14)23-13-20-21-19(23)25-12-15-8-6-9-16(11-15)18(24)22(2)3/h4-11,13H,12H2,1-3H3. The number of aryl methyl sites for hydroxylation is 1. The summed E-state index contributed by atoms with van der Waals surface area (Å²) >= 11 is 1.60. The summed E-state index contributed by atoms with van der Waals surface area (Å²) in [4.78, 5) is 13.7. The second-order valence-electron chi connectivity index (χ2n) is 5.96. The van der Waals surface area contributed by atoms with Gasteiger partial charge in [0.15, 0.2) is 5.16 Å². The third kappa shape index (κ3) is 3.91. The van der Waals surface area contributed by atoms with Crippen molar-refractivity contribution >= 4 is 17.7 Å². The largest absolute Gasteiger partial charge is 0.345 e. The predicted octanol–water partition coefficient (Wildman–Crippen LogP) is 3.57. The summed E-state index contributed by atoms with van der Waals surface area (Å²) in [5.74, 6) is 0.731. The molecule has 0 saturated carbocycles. The number of nitrogens with zero attached hydrogens (tertiary/aromatic N) is 4. The number of carbonyl (C=O) groups is 1. The third-order valence-electron chi connectivity index (χ3n) is 3.84. The maximum absolute atomic E-state index is 12.1. The molecule has 0 aliphatic rings. The Bertz CT molecular complexity index is 888. The van der Waals surface area contributed by atoms with Gasteiger partial charge in [0.05, 0.1) is 5.69 Å². The van der Waals surface area contributed by atoms with Crippen LogP contribution in [0.15, 0.2) is 60.0 Å². The maximum Gasteiger partial charge on any atom is 0.253 e. The highest BCUT2D eigenvalue weighted by molar-refractivity contribution is 7.98. The van der Waals surface area contributed by atoms with Crippen LogP contribution in [0.25, 0.3) is 5.69 Å². The van der Waals surface area contributed by atoms with E-state index in [2.05, 4.69) is 29.3 Å². The molecule has 0 spiro atoms. The Balaban J connectivity index is 1.78. The molecule has 0 atom stereocenters. The number of para-hydroxylation sites is 1. The summed E-state index contributed by atoms with van der Waals surface area (Å²) in [6, 6.07) is 15.9. The summed E-state index contributed by atoms with van der Waals surface area (Å²) in [5, 5.41) is 9.12. The lowest BCUT2D eigenvalue weighted by Gasteiger charge is -2.11. The Morgan fingerprint density at radius 2 is 1.96 bits per heavy atom. The first-order valence-electron chi connectivity index (χ1n) is 7.95. The molecular weight excluding hydrogens is 332 g/mol. The van der Waals surface area contributed by atoms with E-state index in [0.29, 0.717) is 5.56 Å². The fraction of sp³-hybridized carbons (Fsp3) is 0.211. The van der Waals surface area contributed by atoms with Gasteiger partial charge in [-0.15, -0.1) is 10.2 Å². The zero-order chi connectivity index (χ0) is 17.8. The van der Waals surface area contributed by atoms with E-state index in [1.807, 2.05) is 41.0 Å². The highest BCUT2D eigenvalue weighted by Crippen LogP contribution is 2.25. The first-order valence-corrected chi connectivity index (χ1v) is 8.94. The molecule has 6 heteroatoms. The molecule has 2 aromatic carbocycles. The maximum atomic E-state index is 12.1. The zero-order valence-corrected chi connectivity index (χ0v) is 15.3.